The first-order valence-corrected chi connectivity index (χ1v) is 12.9. The van der Waals surface area contributed by atoms with Crippen LogP contribution in [0.4, 0.5) is 4.39 Å². The number of hydrogen-bond acceptors (Lipinski definition) is 6. The van der Waals surface area contributed by atoms with Crippen molar-refractivity contribution in [2.75, 3.05) is 13.2 Å². The highest BCUT2D eigenvalue weighted by molar-refractivity contribution is 6.30. The third kappa shape index (κ3) is 4.22. The molecule has 196 valence electrons. The molecule has 2 aliphatic heterocycles. The summed E-state index contributed by atoms with van der Waals surface area (Å²) in [6.45, 7) is 2.33. The zero-order chi connectivity index (χ0) is 27.4. The number of fused-ring (bicyclic) bond motifs is 1. The molecule has 3 heterocycles. The minimum Gasteiger partial charge on any atom is -0.365 e. The summed E-state index contributed by atoms with van der Waals surface area (Å²) in [5, 5.41) is 10.3. The molecule has 2 N–H and O–H groups in total. The highest BCUT2D eigenvalue weighted by Crippen LogP contribution is 2.53. The predicted octanol–water partition coefficient (Wildman–Crippen LogP) is 4.56. The van der Waals surface area contributed by atoms with Gasteiger partial charge >= 0.3 is 0 Å². The SMILES string of the molecule is CC1(c2cc(F)c3c(c2)C(=O)N(Cc2ccc(C#CN)cn2)[C@@]3(OCC2(C#N)CC2)c2ccc(Cl)cc2)CO1. The molecule has 2 atom stereocenters. The van der Waals surface area contributed by atoms with Crippen LogP contribution >= 0.6 is 11.6 Å². The second-order valence-corrected chi connectivity index (χ2v) is 10.9. The van der Waals surface area contributed by atoms with Crippen molar-refractivity contribution in [2.45, 2.75) is 37.6 Å². The van der Waals surface area contributed by atoms with Crippen molar-refractivity contribution in [2.24, 2.45) is 11.1 Å². The van der Waals surface area contributed by atoms with Gasteiger partial charge in [0.1, 0.15) is 11.4 Å². The number of hydrogen-bond donors (Lipinski definition) is 1. The summed E-state index contributed by atoms with van der Waals surface area (Å²) >= 11 is 6.21. The molecule has 3 aromatic rings. The van der Waals surface area contributed by atoms with Crippen molar-refractivity contribution in [1.29, 1.82) is 5.26 Å². The van der Waals surface area contributed by atoms with Crippen LogP contribution in [0.1, 0.15) is 58.1 Å². The molecule has 1 aliphatic carbocycles. The minimum atomic E-state index is -1.66. The van der Waals surface area contributed by atoms with Crippen LogP contribution in [0.5, 0.6) is 0 Å². The molecule has 39 heavy (non-hydrogen) atoms. The topological polar surface area (TPSA) is 105 Å². The summed E-state index contributed by atoms with van der Waals surface area (Å²) in [6, 6.07) is 18.0. The van der Waals surface area contributed by atoms with E-state index in [1.54, 1.807) is 48.7 Å². The number of amides is 1. The van der Waals surface area contributed by atoms with Crippen molar-refractivity contribution < 1.29 is 18.7 Å². The van der Waals surface area contributed by atoms with Gasteiger partial charge in [-0.25, -0.2) is 4.39 Å². The first-order chi connectivity index (χ1) is 18.7. The summed E-state index contributed by atoms with van der Waals surface area (Å²) in [6.07, 6.45) is 2.90. The lowest BCUT2D eigenvalue weighted by Gasteiger charge is -2.40. The van der Waals surface area contributed by atoms with Crippen molar-refractivity contribution >= 4 is 17.5 Å². The molecule has 3 aliphatic rings. The molecule has 6 rings (SSSR count). The maximum Gasteiger partial charge on any atom is 0.257 e. The zero-order valence-corrected chi connectivity index (χ0v) is 21.9. The molecule has 2 fully saturated rings. The second-order valence-electron chi connectivity index (χ2n) is 10.4. The Balaban J connectivity index is 1.54. The number of carbonyl (C=O) groups is 1. The molecule has 1 unspecified atom stereocenters. The Morgan fingerprint density at radius 2 is 1.95 bits per heavy atom. The number of halogens is 2. The molecule has 0 bridgehead atoms. The van der Waals surface area contributed by atoms with E-state index in [0.29, 0.717) is 46.9 Å². The molecule has 1 saturated heterocycles. The fourth-order valence-corrected chi connectivity index (χ4v) is 5.16. The molecule has 9 heteroatoms. The Bertz CT molecular complexity index is 1580. The summed E-state index contributed by atoms with van der Waals surface area (Å²) in [5.74, 6) is 1.73. The number of pyridine rings is 1. The number of carbonyl (C=O) groups excluding carboxylic acids is 1. The molecule has 1 amide bonds. The molecule has 1 saturated carbocycles. The van der Waals surface area contributed by atoms with E-state index in [2.05, 4.69) is 23.0 Å². The van der Waals surface area contributed by atoms with E-state index in [1.165, 1.54) is 11.0 Å². The Kier molecular flexibility index (Phi) is 5.89. The highest BCUT2D eigenvalue weighted by atomic mass is 35.5. The van der Waals surface area contributed by atoms with E-state index in [0.717, 1.165) is 0 Å². The van der Waals surface area contributed by atoms with Crippen LogP contribution < -0.4 is 5.73 Å². The number of aromatic nitrogens is 1. The number of ether oxygens (including phenoxy) is 2. The van der Waals surface area contributed by atoms with E-state index in [1.807, 2.05) is 6.92 Å². The summed E-state index contributed by atoms with van der Waals surface area (Å²) in [7, 11) is 0. The zero-order valence-electron chi connectivity index (χ0n) is 21.1. The van der Waals surface area contributed by atoms with Gasteiger partial charge in [-0.05, 0) is 67.6 Å². The number of rotatable bonds is 7. The van der Waals surface area contributed by atoms with Crippen molar-refractivity contribution in [1.82, 2.24) is 9.88 Å². The van der Waals surface area contributed by atoms with E-state index in [-0.39, 0.29) is 24.3 Å². The van der Waals surface area contributed by atoms with Crippen molar-refractivity contribution in [3.8, 4) is 18.0 Å². The first kappa shape index (κ1) is 25.3. The summed E-state index contributed by atoms with van der Waals surface area (Å²) < 4.78 is 28.4. The van der Waals surface area contributed by atoms with Gasteiger partial charge in [-0.1, -0.05) is 23.7 Å². The first-order valence-electron chi connectivity index (χ1n) is 12.5. The van der Waals surface area contributed by atoms with E-state index < -0.39 is 28.5 Å². The largest absolute Gasteiger partial charge is 0.365 e. The maximum atomic E-state index is 16.3. The highest BCUT2D eigenvalue weighted by Gasteiger charge is 2.57. The second kappa shape index (κ2) is 9.07. The monoisotopic (exact) mass is 542 g/mol. The molecular formula is C30H24ClFN4O3. The average Bonchev–Trinajstić information content (AvgIpc) is 3.86. The van der Waals surface area contributed by atoms with E-state index in [9.17, 15) is 10.1 Å². The number of benzene rings is 2. The molecule has 0 spiro atoms. The Hall–Kier alpha value is -3.95. The maximum absolute atomic E-state index is 16.3. The van der Waals surface area contributed by atoms with Gasteiger partial charge in [0.2, 0.25) is 0 Å². The Morgan fingerprint density at radius 3 is 2.54 bits per heavy atom. The molecule has 0 radical (unpaired) electrons. The van der Waals surface area contributed by atoms with Crippen LogP contribution in [0.3, 0.4) is 0 Å². The van der Waals surface area contributed by atoms with Gasteiger partial charge in [0.05, 0.1) is 48.1 Å². The smallest absolute Gasteiger partial charge is 0.257 e. The van der Waals surface area contributed by atoms with Crippen molar-refractivity contribution in [3.63, 3.8) is 0 Å². The normalized spacial score (nSPS) is 23.9. The van der Waals surface area contributed by atoms with Crippen molar-refractivity contribution in [3.05, 3.63) is 99.1 Å². The molecular weight excluding hydrogens is 519 g/mol. The third-order valence-corrected chi connectivity index (χ3v) is 7.97. The van der Waals surface area contributed by atoms with Gasteiger partial charge in [0.25, 0.3) is 5.91 Å². The fourth-order valence-electron chi connectivity index (χ4n) is 5.04. The van der Waals surface area contributed by atoms with Crippen LogP contribution in [0.2, 0.25) is 5.02 Å². The molecule has 2 aromatic carbocycles. The van der Waals surface area contributed by atoms with Crippen LogP contribution in [0, 0.1) is 34.5 Å². The van der Waals surface area contributed by atoms with Gasteiger partial charge in [0, 0.05) is 28.4 Å². The summed E-state index contributed by atoms with van der Waals surface area (Å²) in [5.41, 5.74) is 4.88. The molecule has 7 nitrogen and oxygen atoms in total. The number of nitrogens with two attached hydrogens (primary N) is 1. The average molecular weight is 543 g/mol. The number of nitriles is 1. The van der Waals surface area contributed by atoms with Gasteiger partial charge in [-0.15, -0.1) is 0 Å². The quantitative estimate of drug-likeness (QED) is 0.266. The van der Waals surface area contributed by atoms with Gasteiger partial charge in [-0.2, -0.15) is 5.26 Å². The lowest BCUT2D eigenvalue weighted by molar-refractivity contribution is -0.122. The van der Waals surface area contributed by atoms with E-state index in [4.69, 9.17) is 26.8 Å². The van der Waals surface area contributed by atoms with Crippen LogP contribution in [0.15, 0.2) is 54.7 Å². The Labute approximate surface area is 230 Å². The standard InChI is InChI=1S/C30H24ClFN4O3/c1-28(17-38-28)21-12-24-26(25(32)13-21)30(20-3-5-22(31)6-4-20,39-18-29(16-34)9-10-29)36(27(24)37)15-23-7-2-19(8-11-33)14-35-23/h2-7,12-14H,9-10,15,17-18,33H2,1H3/t28?,30-/m1/s1. The van der Waals surface area contributed by atoms with Crippen LogP contribution in [0.25, 0.3) is 0 Å². The fraction of sp³-hybridized carbons (Fsp3) is 0.300. The lowest BCUT2D eigenvalue weighted by atomic mass is 9.89. The number of epoxide rings is 1. The number of nitrogens with zero attached hydrogens (tertiary/aromatic N) is 3. The van der Waals surface area contributed by atoms with Crippen LogP contribution in [-0.2, 0) is 27.3 Å². The third-order valence-electron chi connectivity index (χ3n) is 7.72. The van der Waals surface area contributed by atoms with Crippen LogP contribution in [-0.4, -0.2) is 29.0 Å². The van der Waals surface area contributed by atoms with Gasteiger partial charge in [-0.3, -0.25) is 14.7 Å². The minimum absolute atomic E-state index is 0.00850. The van der Waals surface area contributed by atoms with Gasteiger partial charge < -0.3 is 15.2 Å². The predicted molar refractivity (Wildman–Crippen MR) is 140 cm³/mol. The summed E-state index contributed by atoms with van der Waals surface area (Å²) in [4.78, 5) is 20.1. The van der Waals surface area contributed by atoms with E-state index >= 15 is 4.39 Å². The molecule has 1 aromatic heterocycles. The lowest BCUT2D eigenvalue weighted by Crippen LogP contribution is -2.47. The Morgan fingerprint density at radius 1 is 1.21 bits per heavy atom. The van der Waals surface area contributed by atoms with Gasteiger partial charge in [0.15, 0.2) is 5.72 Å².